The molecule has 1 N–H and O–H groups in total. The Hall–Kier alpha value is -1.05. The minimum atomic E-state index is -2.63. The number of ether oxygens (including phenoxy) is 1. The summed E-state index contributed by atoms with van der Waals surface area (Å²) in [5.41, 5.74) is 1.43. The van der Waals surface area contributed by atoms with Crippen molar-refractivity contribution in [2.75, 3.05) is 5.32 Å². The molecule has 2 saturated carbocycles. The smallest absolute Gasteiger partial charge is 0.332 e. The second-order valence-electron chi connectivity index (χ2n) is 8.42. The Labute approximate surface area is 163 Å². The Morgan fingerprint density at radius 3 is 2.54 bits per heavy atom. The lowest BCUT2D eigenvalue weighted by molar-refractivity contribution is -0.156. The highest BCUT2D eigenvalue weighted by Crippen LogP contribution is 2.60. The number of esters is 1. The number of rotatable bonds is 6. The molecule has 0 aromatic heterocycles. The van der Waals surface area contributed by atoms with Crippen molar-refractivity contribution in [1.82, 2.24) is 0 Å². The first-order valence-electron chi connectivity index (χ1n) is 8.87. The minimum Gasteiger partial charge on any atom is -0.458 e. The van der Waals surface area contributed by atoms with Gasteiger partial charge >= 0.3 is 5.97 Å². The molecule has 3 rings (SSSR count). The van der Waals surface area contributed by atoms with Crippen LogP contribution in [0.3, 0.4) is 0 Å². The fourth-order valence-electron chi connectivity index (χ4n) is 3.24. The van der Waals surface area contributed by atoms with Crippen molar-refractivity contribution in [2.24, 2.45) is 5.92 Å². The SMILES string of the molecule is C=IC(F)(F)[C@@H]1C[C@H]1c1ccc(C)cc1NC1(C(=O)OC(C)(C)C)CC1. The average Bonchev–Trinajstić information content (AvgIpc) is 3.40. The van der Waals surface area contributed by atoms with Crippen molar-refractivity contribution in [3.05, 3.63) is 29.3 Å². The van der Waals surface area contributed by atoms with Gasteiger partial charge in [-0.15, -0.1) is 0 Å². The molecule has 6 heteroatoms. The third-order valence-corrected chi connectivity index (χ3v) is 6.73. The van der Waals surface area contributed by atoms with Gasteiger partial charge < -0.3 is 10.1 Å². The van der Waals surface area contributed by atoms with Crippen molar-refractivity contribution in [3.63, 3.8) is 0 Å². The van der Waals surface area contributed by atoms with Gasteiger partial charge in [0, 0.05) is 11.6 Å². The number of aryl methyl sites for hydroxylation is 1. The summed E-state index contributed by atoms with van der Waals surface area (Å²) < 4.78 is 34.5. The summed E-state index contributed by atoms with van der Waals surface area (Å²) in [6, 6.07) is 5.82. The van der Waals surface area contributed by atoms with Crippen LogP contribution in [0.4, 0.5) is 14.5 Å². The monoisotopic (exact) mass is 477 g/mol. The standard InChI is InChI=1S/C20H26F2INO2/c1-12-6-7-13(14-11-15(14)20(21,22)23-5)16(10-12)24-19(8-9-19)17(25)26-18(2,3)4/h6-7,10,14-15,24H,5,8-9,11H2,1-4H3/t14-,15+/m0/s1. The van der Waals surface area contributed by atoms with Gasteiger partial charge in [-0.05, 0) is 70.1 Å². The largest absolute Gasteiger partial charge is 0.458 e. The van der Waals surface area contributed by atoms with Crippen molar-refractivity contribution in [3.8, 4) is 0 Å². The summed E-state index contributed by atoms with van der Waals surface area (Å²) in [5, 5.41) is 3.35. The number of hydrogen-bond donors (Lipinski definition) is 1. The molecule has 0 radical (unpaired) electrons. The van der Waals surface area contributed by atoms with Crippen molar-refractivity contribution >= 4 is 36.9 Å². The normalized spacial score (nSPS) is 24.1. The maximum atomic E-state index is 14.0. The number of carbonyl (C=O) groups excluding carboxylic acids is 1. The number of benzene rings is 1. The van der Waals surface area contributed by atoms with Crippen LogP contribution >= 0.6 is 20.7 Å². The third-order valence-electron chi connectivity index (χ3n) is 4.91. The van der Waals surface area contributed by atoms with Gasteiger partial charge in [0.25, 0.3) is 3.93 Å². The Balaban J connectivity index is 1.82. The van der Waals surface area contributed by atoms with Gasteiger partial charge in [0.2, 0.25) is 0 Å². The van der Waals surface area contributed by atoms with Crippen LogP contribution in [0.25, 0.3) is 0 Å². The predicted molar refractivity (Wildman–Crippen MR) is 110 cm³/mol. The van der Waals surface area contributed by atoms with E-state index in [0.29, 0.717) is 19.3 Å². The molecule has 2 fully saturated rings. The molecule has 0 amide bonds. The summed E-state index contributed by atoms with van der Waals surface area (Å²) in [6.45, 7) is 7.50. The maximum Gasteiger partial charge on any atom is 0.332 e. The van der Waals surface area contributed by atoms with E-state index in [-0.39, 0.29) is 11.9 Å². The van der Waals surface area contributed by atoms with E-state index in [4.69, 9.17) is 4.74 Å². The topological polar surface area (TPSA) is 38.3 Å². The number of halogens is 3. The van der Waals surface area contributed by atoms with E-state index < -0.39 is 41.7 Å². The first-order valence-corrected chi connectivity index (χ1v) is 11.5. The first-order chi connectivity index (χ1) is 12.0. The van der Waals surface area contributed by atoms with Crippen LogP contribution in [0.2, 0.25) is 0 Å². The number of anilines is 1. The highest BCUT2D eigenvalue weighted by atomic mass is 127. The molecule has 0 heterocycles. The molecule has 0 saturated heterocycles. The summed E-state index contributed by atoms with van der Waals surface area (Å²) in [7, 11) is 0. The van der Waals surface area contributed by atoms with Crippen LogP contribution in [-0.2, 0) is 9.53 Å². The van der Waals surface area contributed by atoms with E-state index in [9.17, 15) is 13.6 Å². The van der Waals surface area contributed by atoms with E-state index in [1.165, 1.54) is 0 Å². The molecule has 0 spiro atoms. The van der Waals surface area contributed by atoms with Crippen LogP contribution < -0.4 is 5.32 Å². The number of nitrogens with one attached hydrogen (secondary N) is 1. The van der Waals surface area contributed by atoms with E-state index in [2.05, 4.69) is 9.83 Å². The fraction of sp³-hybridized carbons (Fsp3) is 0.600. The molecule has 3 nitrogen and oxygen atoms in total. The van der Waals surface area contributed by atoms with Crippen molar-refractivity contribution in [1.29, 1.82) is 0 Å². The third kappa shape index (κ3) is 4.10. The van der Waals surface area contributed by atoms with Gasteiger partial charge in [0.15, 0.2) is 0 Å². The van der Waals surface area contributed by atoms with Crippen LogP contribution in [0.5, 0.6) is 0 Å². The van der Waals surface area contributed by atoms with E-state index in [0.717, 1.165) is 16.8 Å². The van der Waals surface area contributed by atoms with Crippen LogP contribution in [-0.4, -0.2) is 25.6 Å². The fourth-order valence-corrected chi connectivity index (χ4v) is 4.49. The first kappa shape index (κ1) is 19.7. The molecule has 144 valence electrons. The second kappa shape index (κ2) is 6.53. The van der Waals surface area contributed by atoms with Crippen LogP contribution in [0, 0.1) is 12.8 Å². The maximum absolute atomic E-state index is 14.0. The van der Waals surface area contributed by atoms with Crippen LogP contribution in [0.15, 0.2) is 18.2 Å². The number of alkyl halides is 3. The molecule has 0 bridgehead atoms. The lowest BCUT2D eigenvalue weighted by Gasteiger charge is -2.26. The lowest BCUT2D eigenvalue weighted by atomic mass is 10.0. The second-order valence-corrected chi connectivity index (χ2v) is 10.6. The average molecular weight is 477 g/mol. The molecule has 2 aliphatic carbocycles. The molecule has 1 aromatic carbocycles. The minimum absolute atomic E-state index is 0.163. The van der Waals surface area contributed by atoms with E-state index in [1.807, 2.05) is 45.9 Å². The molecule has 0 aliphatic heterocycles. The van der Waals surface area contributed by atoms with Crippen molar-refractivity contribution < 1.29 is 18.3 Å². The summed E-state index contributed by atoms with van der Waals surface area (Å²) in [6.07, 6.45) is 1.88. The molecule has 26 heavy (non-hydrogen) atoms. The summed E-state index contributed by atoms with van der Waals surface area (Å²) in [5.74, 6) is -1.05. The van der Waals surface area contributed by atoms with Gasteiger partial charge in [-0.1, -0.05) is 37.4 Å². The van der Waals surface area contributed by atoms with Gasteiger partial charge in [-0.3, -0.25) is 0 Å². The molecule has 2 aliphatic rings. The predicted octanol–water partition coefficient (Wildman–Crippen LogP) is 5.38. The number of hydrogen-bond acceptors (Lipinski definition) is 3. The van der Waals surface area contributed by atoms with Crippen LogP contribution in [0.1, 0.15) is 57.1 Å². The highest BCUT2D eigenvalue weighted by molar-refractivity contribution is 14.2. The number of carbonyl (C=O) groups is 1. The summed E-state index contributed by atoms with van der Waals surface area (Å²) in [4.78, 5) is 12.6. The van der Waals surface area contributed by atoms with Gasteiger partial charge in [0.1, 0.15) is 11.1 Å². The quantitative estimate of drug-likeness (QED) is 0.340. The van der Waals surface area contributed by atoms with Gasteiger partial charge in [-0.25, -0.2) is 4.79 Å². The lowest BCUT2D eigenvalue weighted by Crippen LogP contribution is -2.38. The molecule has 1 aromatic rings. The Bertz CT molecular complexity index is 738. The zero-order valence-electron chi connectivity index (χ0n) is 15.7. The molecule has 0 unspecified atom stereocenters. The zero-order chi connectivity index (χ0) is 19.3. The summed E-state index contributed by atoms with van der Waals surface area (Å²) >= 11 is -1.37. The Kier molecular flexibility index (Phi) is 4.95. The molecular formula is C20H26F2INO2. The van der Waals surface area contributed by atoms with E-state index in [1.54, 1.807) is 0 Å². The molecular weight excluding hydrogens is 451 g/mol. The Morgan fingerprint density at radius 1 is 1.35 bits per heavy atom. The molecule has 2 atom stereocenters. The highest BCUT2D eigenvalue weighted by Gasteiger charge is 2.56. The van der Waals surface area contributed by atoms with Gasteiger partial charge in [0.05, 0.1) is 0 Å². The van der Waals surface area contributed by atoms with Gasteiger partial charge in [-0.2, -0.15) is 8.78 Å². The van der Waals surface area contributed by atoms with Crippen molar-refractivity contribution in [2.45, 2.75) is 67.9 Å². The van der Waals surface area contributed by atoms with E-state index >= 15 is 0 Å². The zero-order valence-corrected chi connectivity index (χ0v) is 17.8. The Morgan fingerprint density at radius 2 is 2.00 bits per heavy atom.